The van der Waals surface area contributed by atoms with Gasteiger partial charge < -0.3 is 20.1 Å². The Labute approximate surface area is 115 Å². The molecule has 0 fully saturated rings. The van der Waals surface area contributed by atoms with Crippen molar-refractivity contribution in [1.82, 2.24) is 10.2 Å². The number of nitrogens with zero attached hydrogens (tertiary/aromatic N) is 1. The van der Waals surface area contributed by atoms with Gasteiger partial charge in [0, 0.05) is 25.8 Å². The first-order valence-electron chi connectivity index (χ1n) is 6.86. The summed E-state index contributed by atoms with van der Waals surface area (Å²) >= 11 is 0. The molecule has 0 aliphatic carbocycles. The molecule has 0 aromatic rings. The number of hydrogen-bond acceptors (Lipinski definition) is 3. The summed E-state index contributed by atoms with van der Waals surface area (Å²) in [5, 5.41) is 11.5. The van der Waals surface area contributed by atoms with E-state index in [1.807, 2.05) is 20.8 Å². The van der Waals surface area contributed by atoms with Crippen LogP contribution in [0.25, 0.3) is 0 Å². The first kappa shape index (κ1) is 17.7. The summed E-state index contributed by atoms with van der Waals surface area (Å²) in [5.41, 5.74) is 0. The van der Waals surface area contributed by atoms with Crippen LogP contribution in [-0.2, 0) is 9.53 Å². The maximum Gasteiger partial charge on any atom is 0.323 e. The van der Waals surface area contributed by atoms with Gasteiger partial charge in [-0.15, -0.1) is 0 Å². The summed E-state index contributed by atoms with van der Waals surface area (Å²) in [5.74, 6) is -0.998. The molecule has 6 heteroatoms. The summed E-state index contributed by atoms with van der Waals surface area (Å²) in [6, 6.07) is -0.417. The average molecular weight is 274 g/mol. The third-order valence-electron chi connectivity index (χ3n) is 2.78. The molecule has 0 aromatic carbocycles. The number of rotatable bonds is 10. The zero-order valence-corrected chi connectivity index (χ0v) is 12.1. The number of aliphatic carboxylic acids is 1. The fraction of sp³-hybridized carbons (Fsp3) is 0.846. The van der Waals surface area contributed by atoms with Crippen LogP contribution in [0.2, 0.25) is 0 Å². The van der Waals surface area contributed by atoms with Gasteiger partial charge in [-0.25, -0.2) is 4.79 Å². The quantitative estimate of drug-likeness (QED) is 0.594. The highest BCUT2D eigenvalue weighted by atomic mass is 16.5. The van der Waals surface area contributed by atoms with E-state index in [2.05, 4.69) is 5.32 Å². The lowest BCUT2D eigenvalue weighted by molar-refractivity contribution is -0.138. The predicted octanol–water partition coefficient (Wildman–Crippen LogP) is 1.70. The Morgan fingerprint density at radius 3 is 2.53 bits per heavy atom. The molecule has 1 unspecified atom stereocenters. The highest BCUT2D eigenvalue weighted by Crippen LogP contribution is 2.03. The fourth-order valence-electron chi connectivity index (χ4n) is 1.51. The van der Waals surface area contributed by atoms with Crippen molar-refractivity contribution in [3.63, 3.8) is 0 Å². The third kappa shape index (κ3) is 8.42. The Hall–Kier alpha value is -1.30. The van der Waals surface area contributed by atoms with Crippen LogP contribution in [0.1, 0.15) is 40.0 Å². The van der Waals surface area contributed by atoms with Crippen LogP contribution in [0, 0.1) is 0 Å². The van der Waals surface area contributed by atoms with Crippen LogP contribution in [0.15, 0.2) is 0 Å². The smallest absolute Gasteiger partial charge is 0.323 e. The van der Waals surface area contributed by atoms with Crippen molar-refractivity contribution in [2.45, 2.75) is 46.1 Å². The van der Waals surface area contributed by atoms with Gasteiger partial charge in [0.15, 0.2) is 0 Å². The maximum absolute atomic E-state index is 11.9. The molecule has 112 valence electrons. The molecule has 0 spiro atoms. The second-order valence-corrected chi connectivity index (χ2v) is 4.48. The Morgan fingerprint density at radius 2 is 2.00 bits per heavy atom. The lowest BCUT2D eigenvalue weighted by Gasteiger charge is -2.27. The summed E-state index contributed by atoms with van der Waals surface area (Å²) in [6.07, 6.45) is 2.43. The van der Waals surface area contributed by atoms with E-state index >= 15 is 0 Å². The molecule has 0 saturated carbocycles. The Kier molecular flexibility index (Phi) is 9.88. The lowest BCUT2D eigenvalue weighted by atomic mass is 10.2. The molecule has 0 heterocycles. The van der Waals surface area contributed by atoms with Crippen LogP contribution in [-0.4, -0.2) is 54.4 Å². The van der Waals surface area contributed by atoms with E-state index in [0.717, 1.165) is 25.9 Å². The van der Waals surface area contributed by atoms with E-state index in [9.17, 15) is 9.59 Å². The second-order valence-electron chi connectivity index (χ2n) is 4.48. The number of hydrogen-bond donors (Lipinski definition) is 2. The predicted molar refractivity (Wildman–Crippen MR) is 73.2 cm³/mol. The van der Waals surface area contributed by atoms with E-state index in [0.29, 0.717) is 13.2 Å². The number of ether oxygens (including phenoxy) is 1. The molecule has 1 atom stereocenters. The Balaban J connectivity index is 4.00. The van der Waals surface area contributed by atoms with Crippen molar-refractivity contribution >= 4 is 12.0 Å². The van der Waals surface area contributed by atoms with Gasteiger partial charge in [-0.3, -0.25) is 4.79 Å². The minimum atomic E-state index is -0.998. The average Bonchev–Trinajstić information content (AvgIpc) is 2.38. The molecule has 2 amide bonds. The molecule has 0 aromatic heterocycles. The van der Waals surface area contributed by atoms with E-state index in [-0.39, 0.29) is 18.6 Å². The molecule has 0 aliphatic rings. The molecule has 2 N–H and O–H groups in total. The van der Waals surface area contributed by atoms with Crippen LogP contribution >= 0.6 is 0 Å². The highest BCUT2D eigenvalue weighted by Gasteiger charge is 2.20. The summed E-state index contributed by atoms with van der Waals surface area (Å²) in [7, 11) is 0. The number of carboxylic acid groups (broad SMARTS) is 1. The molecule has 0 aliphatic heterocycles. The van der Waals surface area contributed by atoms with Crippen molar-refractivity contribution < 1.29 is 19.4 Å². The van der Waals surface area contributed by atoms with Gasteiger partial charge in [-0.1, -0.05) is 13.8 Å². The first-order valence-corrected chi connectivity index (χ1v) is 6.86. The van der Waals surface area contributed by atoms with Gasteiger partial charge in [0.2, 0.25) is 0 Å². The summed E-state index contributed by atoms with van der Waals surface area (Å²) in [6.45, 7) is 7.36. The first-order chi connectivity index (χ1) is 9.02. The van der Waals surface area contributed by atoms with E-state index in [4.69, 9.17) is 9.84 Å². The highest BCUT2D eigenvalue weighted by molar-refractivity contribution is 5.80. The van der Waals surface area contributed by atoms with Gasteiger partial charge in [0.1, 0.15) is 6.54 Å². The Bertz CT molecular complexity index is 271. The number of carbonyl (C=O) groups excluding carboxylic acids is 1. The van der Waals surface area contributed by atoms with Crippen molar-refractivity contribution in [2.24, 2.45) is 0 Å². The van der Waals surface area contributed by atoms with Crippen molar-refractivity contribution in [3.8, 4) is 0 Å². The largest absolute Gasteiger partial charge is 0.480 e. The lowest BCUT2D eigenvalue weighted by Crippen LogP contribution is -2.47. The zero-order chi connectivity index (χ0) is 14.7. The minimum absolute atomic E-state index is 0.0903. The van der Waals surface area contributed by atoms with Crippen molar-refractivity contribution in [3.05, 3.63) is 0 Å². The third-order valence-corrected chi connectivity index (χ3v) is 2.78. The number of urea groups is 1. The normalized spacial score (nSPS) is 11.9. The maximum atomic E-state index is 11.9. The van der Waals surface area contributed by atoms with Crippen molar-refractivity contribution in [1.29, 1.82) is 0 Å². The SMILES string of the molecule is CCCOCCCNC(=O)N(CC(=O)O)C(C)CC. The number of carbonyl (C=O) groups is 2. The van der Waals surface area contributed by atoms with E-state index in [1.54, 1.807) is 0 Å². The number of nitrogens with one attached hydrogen (secondary N) is 1. The van der Waals surface area contributed by atoms with Gasteiger partial charge in [0.25, 0.3) is 0 Å². The molecule has 0 rings (SSSR count). The zero-order valence-electron chi connectivity index (χ0n) is 12.1. The molecule has 0 radical (unpaired) electrons. The summed E-state index contributed by atoms with van der Waals surface area (Å²) in [4.78, 5) is 24.0. The van der Waals surface area contributed by atoms with Crippen LogP contribution < -0.4 is 5.32 Å². The number of carboxylic acids is 1. The molecule has 19 heavy (non-hydrogen) atoms. The van der Waals surface area contributed by atoms with Crippen LogP contribution in [0.5, 0.6) is 0 Å². The Morgan fingerprint density at radius 1 is 1.32 bits per heavy atom. The number of amides is 2. The minimum Gasteiger partial charge on any atom is -0.480 e. The monoisotopic (exact) mass is 274 g/mol. The molecular formula is C13H26N2O4. The van der Waals surface area contributed by atoms with Gasteiger partial charge in [-0.2, -0.15) is 0 Å². The summed E-state index contributed by atoms with van der Waals surface area (Å²) < 4.78 is 5.30. The van der Waals surface area contributed by atoms with E-state index < -0.39 is 5.97 Å². The van der Waals surface area contributed by atoms with Crippen molar-refractivity contribution in [2.75, 3.05) is 26.3 Å². The molecule has 0 saturated heterocycles. The second kappa shape index (κ2) is 10.6. The van der Waals surface area contributed by atoms with Gasteiger partial charge >= 0.3 is 12.0 Å². The molecular weight excluding hydrogens is 248 g/mol. The van der Waals surface area contributed by atoms with Gasteiger partial charge in [0.05, 0.1) is 0 Å². The van der Waals surface area contributed by atoms with E-state index in [1.165, 1.54) is 4.90 Å². The van der Waals surface area contributed by atoms with Gasteiger partial charge in [-0.05, 0) is 26.2 Å². The topological polar surface area (TPSA) is 78.9 Å². The molecule has 0 bridgehead atoms. The van der Waals surface area contributed by atoms with Crippen LogP contribution in [0.3, 0.4) is 0 Å². The fourth-order valence-corrected chi connectivity index (χ4v) is 1.51. The standard InChI is InChI=1S/C13H26N2O4/c1-4-8-19-9-6-7-14-13(18)15(10-12(16)17)11(3)5-2/h11H,4-10H2,1-3H3,(H,14,18)(H,16,17). The van der Waals surface area contributed by atoms with Crippen LogP contribution in [0.4, 0.5) is 4.79 Å². The molecule has 6 nitrogen and oxygen atoms in total.